The highest BCUT2D eigenvalue weighted by Crippen LogP contribution is 2.64. The minimum Gasteiger partial charge on any atom is -0.458 e. The molecule has 0 N–H and O–H groups in total. The molecule has 126 valence electrons. The maximum atomic E-state index is 11.6. The van der Waals surface area contributed by atoms with E-state index in [0.29, 0.717) is 0 Å². The van der Waals surface area contributed by atoms with Crippen LogP contribution in [0.3, 0.4) is 0 Å². The molecule has 0 spiro atoms. The lowest BCUT2D eigenvalue weighted by atomic mass is 9.45. The molecule has 0 heterocycles. The predicted molar refractivity (Wildman–Crippen MR) is 71.4 cm³/mol. The lowest BCUT2D eigenvalue weighted by Crippen LogP contribution is -2.77. The van der Waals surface area contributed by atoms with Gasteiger partial charge < -0.3 is 4.74 Å². The van der Waals surface area contributed by atoms with E-state index in [1.807, 2.05) is 0 Å². The SMILES string of the molecule is CC(=O)OC12CC3([N+](=O)[O-])CC([N+](=O)[O-])(C1)CC([N+](=O)[O-])(C2)C3. The normalized spacial score (nSPS) is 43.9. The van der Waals surface area contributed by atoms with Gasteiger partial charge >= 0.3 is 5.97 Å². The standard InChI is InChI=1S/C12H15N3O8/c1-8(16)23-12-5-9(13(17)18)2-10(6-12,14(19)20)4-11(3-9,7-12)15(21)22/h2-7H2,1H3. The second-order valence-corrected chi connectivity index (χ2v) is 7.28. The summed E-state index contributed by atoms with van der Waals surface area (Å²) >= 11 is 0. The third kappa shape index (κ3) is 1.91. The fraction of sp³-hybridized carbons (Fsp3) is 0.917. The number of ether oxygens (including phenoxy) is 1. The van der Waals surface area contributed by atoms with Gasteiger partial charge in [0.15, 0.2) is 0 Å². The third-order valence-electron chi connectivity index (χ3n) is 5.45. The largest absolute Gasteiger partial charge is 0.458 e. The van der Waals surface area contributed by atoms with Crippen LogP contribution in [0.5, 0.6) is 0 Å². The van der Waals surface area contributed by atoms with Crippen molar-refractivity contribution in [3.8, 4) is 0 Å². The van der Waals surface area contributed by atoms with Crippen LogP contribution in [0.25, 0.3) is 0 Å². The van der Waals surface area contributed by atoms with Gasteiger partial charge in [-0.15, -0.1) is 0 Å². The average molecular weight is 329 g/mol. The first kappa shape index (κ1) is 15.6. The summed E-state index contributed by atoms with van der Waals surface area (Å²) in [4.78, 5) is 44.3. The molecule has 0 radical (unpaired) electrons. The van der Waals surface area contributed by atoms with E-state index < -0.39 is 43.0 Å². The quantitative estimate of drug-likeness (QED) is 0.414. The van der Waals surface area contributed by atoms with Crippen LogP contribution in [0, 0.1) is 30.3 Å². The van der Waals surface area contributed by atoms with Crippen molar-refractivity contribution in [2.45, 2.75) is 67.7 Å². The summed E-state index contributed by atoms with van der Waals surface area (Å²) in [5, 5.41) is 34.9. The molecule has 0 amide bonds. The zero-order valence-electron chi connectivity index (χ0n) is 12.4. The van der Waals surface area contributed by atoms with Gasteiger partial charge in [-0.3, -0.25) is 35.1 Å². The summed E-state index contributed by atoms with van der Waals surface area (Å²) in [5.74, 6) is -0.748. The Labute approximate surface area is 129 Å². The van der Waals surface area contributed by atoms with Gasteiger partial charge in [-0.05, 0) is 0 Å². The van der Waals surface area contributed by atoms with Gasteiger partial charge in [-0.25, -0.2) is 0 Å². The molecule has 23 heavy (non-hydrogen) atoms. The van der Waals surface area contributed by atoms with Gasteiger partial charge in [0, 0.05) is 21.7 Å². The molecule has 4 bridgehead atoms. The number of hydrogen-bond acceptors (Lipinski definition) is 8. The van der Waals surface area contributed by atoms with E-state index in [4.69, 9.17) is 4.74 Å². The Morgan fingerprint density at radius 1 is 0.783 bits per heavy atom. The van der Waals surface area contributed by atoms with Crippen molar-refractivity contribution in [3.05, 3.63) is 30.3 Å². The lowest BCUT2D eigenvalue weighted by Gasteiger charge is -2.58. The van der Waals surface area contributed by atoms with E-state index in [1.54, 1.807) is 0 Å². The monoisotopic (exact) mass is 329 g/mol. The van der Waals surface area contributed by atoms with E-state index in [0.717, 1.165) is 6.92 Å². The van der Waals surface area contributed by atoms with Crippen molar-refractivity contribution >= 4 is 5.97 Å². The summed E-state index contributed by atoms with van der Waals surface area (Å²) in [5.41, 5.74) is -6.92. The maximum Gasteiger partial charge on any atom is 0.303 e. The Balaban J connectivity index is 2.20. The second kappa shape index (κ2) is 4.15. The van der Waals surface area contributed by atoms with E-state index in [2.05, 4.69) is 0 Å². The number of carbonyl (C=O) groups excluding carboxylic acids is 1. The highest BCUT2D eigenvalue weighted by atomic mass is 16.6. The number of carbonyl (C=O) groups is 1. The molecule has 0 aromatic heterocycles. The van der Waals surface area contributed by atoms with Crippen LogP contribution in [-0.4, -0.2) is 43.0 Å². The first-order valence-corrected chi connectivity index (χ1v) is 7.12. The molecular formula is C12H15N3O8. The molecule has 0 aromatic rings. The van der Waals surface area contributed by atoms with Gasteiger partial charge in [0.2, 0.25) is 16.6 Å². The van der Waals surface area contributed by atoms with Crippen molar-refractivity contribution in [3.63, 3.8) is 0 Å². The molecule has 0 unspecified atom stereocenters. The fourth-order valence-corrected chi connectivity index (χ4v) is 5.38. The molecule has 4 aliphatic rings. The number of esters is 1. The third-order valence-corrected chi connectivity index (χ3v) is 5.45. The highest BCUT2D eigenvalue weighted by molar-refractivity contribution is 5.66. The molecule has 0 saturated heterocycles. The van der Waals surface area contributed by atoms with Gasteiger partial charge in [0.1, 0.15) is 5.60 Å². The molecule has 11 heteroatoms. The Kier molecular flexibility index (Phi) is 2.80. The lowest BCUT2D eigenvalue weighted by molar-refractivity contribution is -0.694. The molecular weight excluding hydrogens is 314 g/mol. The Morgan fingerprint density at radius 3 is 1.30 bits per heavy atom. The van der Waals surface area contributed by atoms with Gasteiger partial charge in [-0.2, -0.15) is 0 Å². The van der Waals surface area contributed by atoms with Crippen molar-refractivity contribution in [1.29, 1.82) is 0 Å². The Morgan fingerprint density at radius 2 is 1.09 bits per heavy atom. The molecule has 4 saturated carbocycles. The van der Waals surface area contributed by atoms with Crippen LogP contribution in [0.15, 0.2) is 0 Å². The first-order valence-electron chi connectivity index (χ1n) is 7.12. The molecule has 11 nitrogen and oxygen atoms in total. The fourth-order valence-electron chi connectivity index (χ4n) is 5.38. The van der Waals surface area contributed by atoms with E-state index >= 15 is 0 Å². The van der Waals surface area contributed by atoms with E-state index in [-0.39, 0.29) is 38.5 Å². The maximum absolute atomic E-state index is 11.6. The minimum atomic E-state index is -1.80. The number of hydrogen-bond donors (Lipinski definition) is 0. The summed E-state index contributed by atoms with van der Waals surface area (Å²) < 4.78 is 5.22. The number of nitrogens with zero attached hydrogens (tertiary/aromatic N) is 3. The van der Waals surface area contributed by atoms with Crippen molar-refractivity contribution in [2.24, 2.45) is 0 Å². The Hall–Kier alpha value is -2.33. The highest BCUT2D eigenvalue weighted by Gasteiger charge is 2.83. The van der Waals surface area contributed by atoms with Gasteiger partial charge in [0.25, 0.3) is 0 Å². The van der Waals surface area contributed by atoms with Gasteiger partial charge in [0.05, 0.1) is 38.5 Å². The topological polar surface area (TPSA) is 156 Å². The summed E-state index contributed by atoms with van der Waals surface area (Å²) in [6.45, 7) is 1.09. The van der Waals surface area contributed by atoms with Crippen LogP contribution < -0.4 is 0 Å². The van der Waals surface area contributed by atoms with Crippen LogP contribution in [0.4, 0.5) is 0 Å². The number of nitro groups is 3. The molecule has 0 atom stereocenters. The number of rotatable bonds is 4. The van der Waals surface area contributed by atoms with E-state index in [9.17, 15) is 35.1 Å². The smallest absolute Gasteiger partial charge is 0.303 e. The first-order chi connectivity index (χ1) is 10.5. The molecule has 4 aliphatic carbocycles. The predicted octanol–water partition coefficient (Wildman–Crippen LogP) is 0.716. The zero-order valence-corrected chi connectivity index (χ0v) is 12.4. The van der Waals surface area contributed by atoms with Crippen molar-refractivity contribution in [2.75, 3.05) is 0 Å². The van der Waals surface area contributed by atoms with Gasteiger partial charge in [-0.1, -0.05) is 0 Å². The average Bonchev–Trinajstić information content (AvgIpc) is 2.34. The molecule has 0 aliphatic heterocycles. The Bertz CT molecular complexity index is 564. The van der Waals surface area contributed by atoms with Crippen molar-refractivity contribution < 1.29 is 24.3 Å². The van der Waals surface area contributed by atoms with Crippen LogP contribution in [-0.2, 0) is 9.53 Å². The summed E-state index contributed by atoms with van der Waals surface area (Å²) in [7, 11) is 0. The van der Waals surface area contributed by atoms with Crippen molar-refractivity contribution in [1.82, 2.24) is 0 Å². The van der Waals surface area contributed by atoms with Crippen LogP contribution in [0.2, 0.25) is 0 Å². The summed E-state index contributed by atoms with van der Waals surface area (Å²) in [6.07, 6.45) is -1.72. The minimum absolute atomic E-state index is 0.211. The summed E-state index contributed by atoms with van der Waals surface area (Å²) in [6, 6.07) is 0. The molecule has 0 aromatic carbocycles. The molecule has 4 rings (SSSR count). The molecule has 4 fully saturated rings. The van der Waals surface area contributed by atoms with Crippen LogP contribution >= 0.6 is 0 Å². The zero-order chi connectivity index (χ0) is 17.3. The van der Waals surface area contributed by atoms with Crippen LogP contribution in [0.1, 0.15) is 45.4 Å². The second-order valence-electron chi connectivity index (χ2n) is 7.28. The van der Waals surface area contributed by atoms with E-state index in [1.165, 1.54) is 0 Å².